The Morgan fingerprint density at radius 1 is 0.407 bits per heavy atom. The molecule has 9 aromatic rings. The van der Waals surface area contributed by atoms with Gasteiger partial charge in [-0.05, 0) is 113 Å². The average molecular weight is 719 g/mol. The minimum absolute atomic E-state index is 0.276. The van der Waals surface area contributed by atoms with Gasteiger partial charge in [0.2, 0.25) is 0 Å². The zero-order valence-electron chi connectivity index (χ0n) is 29.7. The molecule has 0 saturated carbocycles. The van der Waals surface area contributed by atoms with Crippen LogP contribution < -0.4 is 25.6 Å². The Morgan fingerprint density at radius 3 is 1.35 bits per heavy atom. The summed E-state index contributed by atoms with van der Waals surface area (Å²) in [6.45, 7) is 2.07. The molecular formula is C49H36F2N2Si. The van der Waals surface area contributed by atoms with Crippen molar-refractivity contribution < 1.29 is 8.78 Å². The van der Waals surface area contributed by atoms with E-state index in [0.29, 0.717) is 0 Å². The highest BCUT2D eigenvalue weighted by Crippen LogP contribution is 2.40. The summed E-state index contributed by atoms with van der Waals surface area (Å²) in [5.74, 6) is -0.558. The lowest BCUT2D eigenvalue weighted by atomic mass is 10.1. The fourth-order valence-electron chi connectivity index (χ4n) is 8.05. The van der Waals surface area contributed by atoms with Gasteiger partial charge >= 0.3 is 0 Å². The molecule has 0 amide bonds. The van der Waals surface area contributed by atoms with Gasteiger partial charge in [-0.1, -0.05) is 121 Å². The first kappa shape index (κ1) is 33.3. The molecule has 0 spiro atoms. The summed E-state index contributed by atoms with van der Waals surface area (Å²) in [4.78, 5) is 2.17. The standard InChI is InChI=1S/C49H36F2N2Si/c1-35-17-23-38(24-18-35)52(39-25-19-36(50)20-26-39)41-29-31-48-46(33-41)47-34-45(30-32-49(47)53(48)40-27-21-37(51)22-28-40)54(42-11-5-2-6-12-42,43-13-7-3-8-14-43)44-15-9-4-10-16-44/h2-34H,1H3. The van der Waals surface area contributed by atoms with E-state index >= 15 is 0 Å². The third-order valence-corrected chi connectivity index (χ3v) is 15.3. The van der Waals surface area contributed by atoms with E-state index in [1.54, 1.807) is 0 Å². The second-order valence-electron chi connectivity index (χ2n) is 13.7. The highest BCUT2D eigenvalue weighted by Gasteiger charge is 2.41. The summed E-state index contributed by atoms with van der Waals surface area (Å²) >= 11 is 0. The van der Waals surface area contributed by atoms with E-state index in [1.807, 2.05) is 24.3 Å². The van der Waals surface area contributed by atoms with Gasteiger partial charge in [-0.15, -0.1) is 0 Å². The number of aromatic nitrogens is 1. The van der Waals surface area contributed by atoms with Crippen LogP contribution in [-0.4, -0.2) is 12.6 Å². The van der Waals surface area contributed by atoms with Gasteiger partial charge in [-0.2, -0.15) is 0 Å². The normalized spacial score (nSPS) is 11.6. The average Bonchev–Trinajstić information content (AvgIpc) is 3.54. The molecule has 5 heteroatoms. The quantitative estimate of drug-likeness (QED) is 0.112. The van der Waals surface area contributed by atoms with E-state index in [2.05, 4.69) is 168 Å². The first-order chi connectivity index (χ1) is 26.5. The second-order valence-corrected chi connectivity index (χ2v) is 17.6. The molecule has 0 bridgehead atoms. The van der Waals surface area contributed by atoms with Crippen molar-refractivity contribution in [1.29, 1.82) is 0 Å². The number of benzene rings is 8. The first-order valence-corrected chi connectivity index (χ1v) is 20.1. The van der Waals surface area contributed by atoms with Crippen molar-refractivity contribution in [3.8, 4) is 5.69 Å². The van der Waals surface area contributed by atoms with E-state index in [-0.39, 0.29) is 11.6 Å². The summed E-state index contributed by atoms with van der Waals surface area (Å²) < 4.78 is 30.8. The molecule has 0 N–H and O–H groups in total. The highest BCUT2D eigenvalue weighted by atomic mass is 28.3. The monoisotopic (exact) mass is 718 g/mol. The Morgan fingerprint density at radius 2 is 0.833 bits per heavy atom. The molecule has 1 heterocycles. The SMILES string of the molecule is Cc1ccc(N(c2ccc(F)cc2)c2ccc3c(c2)c2cc([Si](c4ccccc4)(c4ccccc4)c4ccccc4)ccc2n3-c2ccc(F)cc2)cc1. The number of anilines is 3. The van der Waals surface area contributed by atoms with Crippen molar-refractivity contribution in [1.82, 2.24) is 4.57 Å². The van der Waals surface area contributed by atoms with Crippen LogP contribution in [0.25, 0.3) is 27.5 Å². The van der Waals surface area contributed by atoms with E-state index in [1.165, 1.54) is 45.0 Å². The van der Waals surface area contributed by atoms with Gasteiger partial charge < -0.3 is 9.47 Å². The van der Waals surface area contributed by atoms with Crippen LogP contribution in [0.4, 0.5) is 25.8 Å². The van der Waals surface area contributed by atoms with Crippen molar-refractivity contribution in [3.05, 3.63) is 217 Å². The van der Waals surface area contributed by atoms with Gasteiger partial charge in [0.15, 0.2) is 8.07 Å². The summed E-state index contributed by atoms with van der Waals surface area (Å²) in [6, 6.07) is 67.9. The summed E-state index contributed by atoms with van der Waals surface area (Å²) in [5.41, 5.74) is 6.84. The van der Waals surface area contributed by atoms with E-state index in [9.17, 15) is 8.78 Å². The van der Waals surface area contributed by atoms with Crippen LogP contribution >= 0.6 is 0 Å². The molecule has 8 aromatic carbocycles. The summed E-state index contributed by atoms with van der Waals surface area (Å²) in [6.07, 6.45) is 0. The maximum absolute atomic E-state index is 14.3. The third kappa shape index (κ3) is 5.70. The summed E-state index contributed by atoms with van der Waals surface area (Å²) in [5, 5.41) is 7.31. The molecule has 0 saturated heterocycles. The van der Waals surface area contributed by atoms with Crippen molar-refractivity contribution >= 4 is 67.7 Å². The van der Waals surface area contributed by atoms with Crippen LogP contribution in [0.1, 0.15) is 5.56 Å². The number of nitrogens with zero attached hydrogens (tertiary/aromatic N) is 2. The maximum atomic E-state index is 14.3. The Kier molecular flexibility index (Phi) is 8.49. The number of hydrogen-bond donors (Lipinski definition) is 0. The second kappa shape index (κ2) is 13.8. The molecule has 0 fully saturated rings. The molecule has 0 atom stereocenters. The molecule has 0 aliphatic heterocycles. The molecule has 0 unspecified atom stereocenters. The highest BCUT2D eigenvalue weighted by molar-refractivity contribution is 7.20. The Balaban J connectivity index is 1.36. The van der Waals surface area contributed by atoms with Crippen LogP contribution in [0, 0.1) is 18.6 Å². The van der Waals surface area contributed by atoms with E-state index in [4.69, 9.17) is 0 Å². The van der Waals surface area contributed by atoms with Gasteiger partial charge in [0, 0.05) is 33.5 Å². The first-order valence-electron chi connectivity index (χ1n) is 18.1. The molecule has 9 rings (SSSR count). The molecule has 0 radical (unpaired) electrons. The lowest BCUT2D eigenvalue weighted by Crippen LogP contribution is -2.74. The number of halogens is 2. The largest absolute Gasteiger partial charge is 0.310 e. The van der Waals surface area contributed by atoms with Gasteiger partial charge in [0.1, 0.15) is 11.6 Å². The van der Waals surface area contributed by atoms with Crippen molar-refractivity contribution in [2.45, 2.75) is 6.92 Å². The molecule has 0 aliphatic carbocycles. The van der Waals surface area contributed by atoms with E-state index < -0.39 is 8.07 Å². The number of hydrogen-bond acceptors (Lipinski definition) is 1. The predicted molar refractivity (Wildman–Crippen MR) is 224 cm³/mol. The molecule has 0 aliphatic rings. The molecule has 2 nitrogen and oxygen atoms in total. The number of rotatable bonds is 8. The minimum Gasteiger partial charge on any atom is -0.310 e. The molecule has 1 aromatic heterocycles. The maximum Gasteiger partial charge on any atom is 0.179 e. The smallest absolute Gasteiger partial charge is 0.179 e. The van der Waals surface area contributed by atoms with Gasteiger partial charge in [-0.25, -0.2) is 8.78 Å². The van der Waals surface area contributed by atoms with Crippen molar-refractivity contribution in [2.75, 3.05) is 4.90 Å². The van der Waals surface area contributed by atoms with Gasteiger partial charge in [-0.3, -0.25) is 0 Å². The zero-order chi connectivity index (χ0) is 36.6. The molecule has 54 heavy (non-hydrogen) atoms. The van der Waals surface area contributed by atoms with E-state index in [0.717, 1.165) is 50.1 Å². The lowest BCUT2D eigenvalue weighted by Gasteiger charge is -2.34. The third-order valence-electron chi connectivity index (χ3n) is 10.5. The Bertz CT molecular complexity index is 2570. The number of aryl methyl sites for hydroxylation is 1. The molecular weight excluding hydrogens is 683 g/mol. The van der Waals surface area contributed by atoms with Crippen LogP contribution in [0.3, 0.4) is 0 Å². The van der Waals surface area contributed by atoms with Gasteiger partial charge in [0.25, 0.3) is 0 Å². The Labute approximate surface area is 314 Å². The van der Waals surface area contributed by atoms with Crippen LogP contribution in [0.15, 0.2) is 200 Å². The lowest BCUT2D eigenvalue weighted by molar-refractivity contribution is 0.627. The van der Waals surface area contributed by atoms with Crippen molar-refractivity contribution in [3.63, 3.8) is 0 Å². The zero-order valence-corrected chi connectivity index (χ0v) is 30.7. The van der Waals surface area contributed by atoms with Crippen LogP contribution in [0.2, 0.25) is 0 Å². The van der Waals surface area contributed by atoms with Gasteiger partial charge in [0.05, 0.1) is 11.0 Å². The molecule has 260 valence electrons. The Hall–Kier alpha value is -6.56. The number of fused-ring (bicyclic) bond motifs is 3. The minimum atomic E-state index is -2.84. The predicted octanol–water partition coefficient (Wildman–Crippen LogP) is 10.2. The van der Waals surface area contributed by atoms with Crippen molar-refractivity contribution in [2.24, 2.45) is 0 Å². The fraction of sp³-hybridized carbons (Fsp3) is 0.0204. The van der Waals surface area contributed by atoms with Crippen LogP contribution in [-0.2, 0) is 0 Å². The fourth-order valence-corrected chi connectivity index (χ4v) is 12.8. The topological polar surface area (TPSA) is 8.17 Å². The van der Waals surface area contributed by atoms with Crippen LogP contribution in [0.5, 0.6) is 0 Å². The summed E-state index contributed by atoms with van der Waals surface area (Å²) in [7, 11) is -2.84.